The second-order valence-electron chi connectivity index (χ2n) is 4.49. The predicted octanol–water partition coefficient (Wildman–Crippen LogP) is 1.23. The average Bonchev–Trinajstić information content (AvgIpc) is 2.89. The highest BCUT2D eigenvalue weighted by atomic mass is 16.2. The molecule has 21 heavy (non-hydrogen) atoms. The van der Waals surface area contributed by atoms with Crippen LogP contribution in [0.1, 0.15) is 17.4 Å². The van der Waals surface area contributed by atoms with Gasteiger partial charge in [0.2, 0.25) is 0 Å². The summed E-state index contributed by atoms with van der Waals surface area (Å²) in [5.74, 6) is -0.244. The first-order valence-electron chi connectivity index (χ1n) is 6.66. The van der Waals surface area contributed by atoms with Crippen molar-refractivity contribution in [2.75, 3.05) is 6.54 Å². The molecule has 0 aliphatic carbocycles. The monoisotopic (exact) mass is 282 g/mol. The third-order valence-electron chi connectivity index (χ3n) is 3.11. The topological polar surface area (TPSA) is 68.4 Å². The molecule has 0 atom stereocenters. The number of hydrogen-bond acceptors (Lipinski definition) is 3. The lowest BCUT2D eigenvalue weighted by Gasteiger charge is -2.10. The van der Waals surface area contributed by atoms with E-state index in [9.17, 15) is 9.59 Å². The normalized spacial score (nSPS) is 10.7. The molecule has 1 aromatic carbocycles. The maximum absolute atomic E-state index is 12.2. The van der Waals surface area contributed by atoms with Crippen LogP contribution in [0.15, 0.2) is 53.5 Å². The van der Waals surface area contributed by atoms with Gasteiger partial charge in [0, 0.05) is 24.9 Å². The van der Waals surface area contributed by atoms with E-state index < -0.39 is 0 Å². The molecule has 2 aromatic heterocycles. The van der Waals surface area contributed by atoms with E-state index in [1.54, 1.807) is 10.7 Å². The van der Waals surface area contributed by atoms with E-state index in [2.05, 4.69) is 10.3 Å². The molecule has 0 unspecified atom stereocenters. The molecule has 0 saturated heterocycles. The smallest absolute Gasteiger partial charge is 0.273 e. The van der Waals surface area contributed by atoms with Crippen LogP contribution in [0.25, 0.3) is 11.3 Å². The minimum Gasteiger partial charge on any atom is -0.351 e. The Bertz CT molecular complexity index is 849. The van der Waals surface area contributed by atoms with Crippen LogP contribution in [-0.2, 0) is 0 Å². The van der Waals surface area contributed by atoms with Crippen molar-refractivity contribution in [1.29, 1.82) is 0 Å². The third-order valence-corrected chi connectivity index (χ3v) is 3.11. The molecule has 2 heterocycles. The van der Waals surface area contributed by atoms with Crippen LogP contribution in [0.2, 0.25) is 0 Å². The molecule has 0 aliphatic rings. The molecule has 3 rings (SSSR count). The number of hydrogen-bond donors (Lipinski definition) is 1. The summed E-state index contributed by atoms with van der Waals surface area (Å²) >= 11 is 0. The van der Waals surface area contributed by atoms with Gasteiger partial charge in [-0.1, -0.05) is 18.2 Å². The molecule has 0 saturated carbocycles. The Kier molecular flexibility index (Phi) is 3.27. The number of benzene rings is 1. The van der Waals surface area contributed by atoms with E-state index in [1.807, 2.05) is 37.3 Å². The number of para-hydroxylation sites is 1. The molecule has 0 radical (unpaired) electrons. The predicted molar refractivity (Wildman–Crippen MR) is 78.8 cm³/mol. The third kappa shape index (κ3) is 2.20. The van der Waals surface area contributed by atoms with Crippen LogP contribution in [0.3, 0.4) is 0 Å². The van der Waals surface area contributed by atoms with Gasteiger partial charge < -0.3 is 5.32 Å². The lowest BCUT2D eigenvalue weighted by Crippen LogP contribution is -2.28. The summed E-state index contributed by atoms with van der Waals surface area (Å²) in [4.78, 5) is 28.5. The highest BCUT2D eigenvalue weighted by Gasteiger charge is 2.17. The molecule has 0 aliphatic heterocycles. The molecule has 1 amide bonds. The van der Waals surface area contributed by atoms with Crippen molar-refractivity contribution >= 4 is 11.6 Å². The van der Waals surface area contributed by atoms with E-state index in [1.165, 1.54) is 16.8 Å². The Balaban J connectivity index is 2.35. The van der Waals surface area contributed by atoms with E-state index in [-0.39, 0.29) is 11.5 Å². The van der Waals surface area contributed by atoms with Gasteiger partial charge in [-0.3, -0.25) is 9.59 Å². The number of carbonyl (C=O) groups is 1. The van der Waals surface area contributed by atoms with Crippen LogP contribution in [0, 0.1) is 0 Å². The first-order valence-corrected chi connectivity index (χ1v) is 6.66. The van der Waals surface area contributed by atoms with Gasteiger partial charge in [0.1, 0.15) is 5.69 Å². The molecule has 106 valence electrons. The molecule has 6 nitrogen and oxygen atoms in total. The van der Waals surface area contributed by atoms with Crippen molar-refractivity contribution in [3.05, 3.63) is 64.7 Å². The van der Waals surface area contributed by atoms with Gasteiger partial charge in [0.15, 0.2) is 5.65 Å². The first kappa shape index (κ1) is 13.1. The summed E-state index contributed by atoms with van der Waals surface area (Å²) in [6.45, 7) is 2.36. The molecule has 0 bridgehead atoms. The van der Waals surface area contributed by atoms with Crippen molar-refractivity contribution in [3.63, 3.8) is 0 Å². The minimum absolute atomic E-state index is 0.237. The second kappa shape index (κ2) is 5.24. The molecule has 1 N–H and O–H groups in total. The summed E-state index contributed by atoms with van der Waals surface area (Å²) in [6, 6.07) is 12.2. The summed E-state index contributed by atoms with van der Waals surface area (Å²) in [5.41, 5.74) is 1.30. The van der Waals surface area contributed by atoms with Gasteiger partial charge in [-0.25, -0.2) is 9.67 Å². The van der Waals surface area contributed by atoms with Gasteiger partial charge >= 0.3 is 0 Å². The van der Waals surface area contributed by atoms with Gasteiger partial charge in [0.25, 0.3) is 11.5 Å². The maximum atomic E-state index is 12.2. The number of aromatic nitrogens is 3. The first-order chi connectivity index (χ1) is 10.2. The Hall–Kier alpha value is -2.89. The standard InChI is InChI=1S/C15H14N4O2/c1-2-16-15(21)12-10-13-17-9-8-14(20)19(13)18(12)11-6-4-3-5-7-11/h3-10H,2H2,1H3,(H,16,21). The fourth-order valence-electron chi connectivity index (χ4n) is 2.24. The Morgan fingerprint density at radius 2 is 2.00 bits per heavy atom. The molecule has 0 fully saturated rings. The zero-order valence-corrected chi connectivity index (χ0v) is 11.5. The van der Waals surface area contributed by atoms with Crippen LogP contribution >= 0.6 is 0 Å². The lowest BCUT2D eigenvalue weighted by atomic mass is 10.3. The van der Waals surface area contributed by atoms with E-state index in [0.717, 1.165) is 5.69 Å². The Morgan fingerprint density at radius 1 is 1.24 bits per heavy atom. The molecule has 3 aromatic rings. The quantitative estimate of drug-likeness (QED) is 0.785. The SMILES string of the molecule is CCNC(=O)c1cc2nccc(=O)n2n1-c1ccccc1. The van der Waals surface area contributed by atoms with Crippen molar-refractivity contribution < 1.29 is 4.79 Å². The molecular weight excluding hydrogens is 268 g/mol. The number of nitrogens with one attached hydrogen (secondary N) is 1. The Labute approximate surface area is 120 Å². The van der Waals surface area contributed by atoms with Gasteiger partial charge in [-0.15, -0.1) is 0 Å². The van der Waals surface area contributed by atoms with Crippen molar-refractivity contribution in [3.8, 4) is 5.69 Å². The van der Waals surface area contributed by atoms with E-state index in [0.29, 0.717) is 17.9 Å². The fourth-order valence-corrected chi connectivity index (χ4v) is 2.24. The fraction of sp³-hybridized carbons (Fsp3) is 0.133. The summed E-state index contributed by atoms with van der Waals surface area (Å²) in [6.07, 6.45) is 1.44. The molecule has 0 spiro atoms. The average molecular weight is 282 g/mol. The molecule has 6 heteroatoms. The second-order valence-corrected chi connectivity index (χ2v) is 4.49. The summed E-state index contributed by atoms with van der Waals surface area (Å²) in [7, 11) is 0. The van der Waals surface area contributed by atoms with Gasteiger partial charge in [-0.2, -0.15) is 4.52 Å². The number of carbonyl (C=O) groups excluding carboxylic acids is 1. The number of nitrogens with zero attached hydrogens (tertiary/aromatic N) is 3. The number of amides is 1. The van der Waals surface area contributed by atoms with Crippen LogP contribution in [0.4, 0.5) is 0 Å². The largest absolute Gasteiger partial charge is 0.351 e. The lowest BCUT2D eigenvalue weighted by molar-refractivity contribution is 0.0947. The zero-order chi connectivity index (χ0) is 14.8. The van der Waals surface area contributed by atoms with Gasteiger partial charge in [0.05, 0.1) is 5.69 Å². The van der Waals surface area contributed by atoms with E-state index >= 15 is 0 Å². The van der Waals surface area contributed by atoms with Crippen molar-refractivity contribution in [2.45, 2.75) is 6.92 Å². The zero-order valence-electron chi connectivity index (χ0n) is 11.5. The number of fused-ring (bicyclic) bond motifs is 1. The van der Waals surface area contributed by atoms with Crippen molar-refractivity contribution in [1.82, 2.24) is 19.5 Å². The highest BCUT2D eigenvalue weighted by Crippen LogP contribution is 2.14. The molecular formula is C15H14N4O2. The summed E-state index contributed by atoms with van der Waals surface area (Å²) < 4.78 is 2.97. The van der Waals surface area contributed by atoms with Crippen LogP contribution in [0.5, 0.6) is 0 Å². The van der Waals surface area contributed by atoms with Gasteiger partial charge in [-0.05, 0) is 19.1 Å². The number of rotatable bonds is 3. The van der Waals surface area contributed by atoms with E-state index in [4.69, 9.17) is 0 Å². The van der Waals surface area contributed by atoms with Crippen LogP contribution in [-0.4, -0.2) is 26.6 Å². The maximum Gasteiger partial charge on any atom is 0.273 e. The van der Waals surface area contributed by atoms with Crippen molar-refractivity contribution in [2.24, 2.45) is 0 Å². The summed E-state index contributed by atoms with van der Waals surface area (Å²) in [5, 5.41) is 2.75. The Morgan fingerprint density at radius 3 is 2.71 bits per heavy atom. The highest BCUT2D eigenvalue weighted by molar-refractivity contribution is 5.94. The minimum atomic E-state index is -0.244. The van der Waals surface area contributed by atoms with Crippen LogP contribution < -0.4 is 10.9 Å².